The summed E-state index contributed by atoms with van der Waals surface area (Å²) in [5.74, 6) is 0.541. The first-order valence-electron chi connectivity index (χ1n) is 13.0. The second kappa shape index (κ2) is 13.0. The average molecular weight is 500 g/mol. The van der Waals surface area contributed by atoms with Crippen molar-refractivity contribution in [2.24, 2.45) is 0 Å². The van der Waals surface area contributed by atoms with E-state index < -0.39 is 0 Å². The zero-order chi connectivity index (χ0) is 25.3. The molecule has 2 aliphatic rings. The molecule has 2 amide bonds. The van der Waals surface area contributed by atoms with Crippen molar-refractivity contribution < 1.29 is 23.4 Å². The van der Waals surface area contributed by atoms with E-state index >= 15 is 0 Å². The fourth-order valence-electron chi connectivity index (χ4n) is 4.71. The zero-order valence-electron chi connectivity index (χ0n) is 21.3. The Kier molecular flexibility index (Phi) is 9.55. The quantitative estimate of drug-likeness (QED) is 0.520. The van der Waals surface area contributed by atoms with Gasteiger partial charge in [-0.15, -0.1) is 0 Å². The van der Waals surface area contributed by atoms with Crippen LogP contribution in [0.1, 0.15) is 44.2 Å². The van der Waals surface area contributed by atoms with E-state index in [0.29, 0.717) is 26.3 Å². The number of rotatable bonds is 10. The molecule has 196 valence electrons. The van der Waals surface area contributed by atoms with E-state index in [2.05, 4.69) is 10.2 Å². The Labute approximate surface area is 213 Å². The van der Waals surface area contributed by atoms with Crippen LogP contribution in [0.2, 0.25) is 0 Å². The summed E-state index contributed by atoms with van der Waals surface area (Å²) in [6.07, 6.45) is 2.68. The molecule has 2 saturated heterocycles. The maximum absolute atomic E-state index is 13.4. The molecule has 1 N–H and O–H groups in total. The second-order valence-electron chi connectivity index (χ2n) is 9.76. The van der Waals surface area contributed by atoms with E-state index in [0.717, 1.165) is 55.8 Å². The average Bonchev–Trinajstić information content (AvgIpc) is 3.40. The lowest BCUT2D eigenvalue weighted by Crippen LogP contribution is -2.50. The summed E-state index contributed by atoms with van der Waals surface area (Å²) < 4.78 is 30.3. The number of benzene rings is 2. The number of halogens is 1. The molecule has 4 rings (SSSR count). The smallest absolute Gasteiger partial charge is 0.318 e. The van der Waals surface area contributed by atoms with E-state index in [1.807, 2.05) is 43.0 Å². The van der Waals surface area contributed by atoms with Gasteiger partial charge in [-0.3, -0.25) is 0 Å². The Morgan fingerprint density at radius 3 is 2.33 bits per heavy atom. The summed E-state index contributed by atoms with van der Waals surface area (Å²) in [6.45, 7) is 8.98. The Bertz CT molecular complexity index is 940. The minimum absolute atomic E-state index is 0.0884. The van der Waals surface area contributed by atoms with Crippen molar-refractivity contribution >= 4 is 6.03 Å². The normalized spacial score (nSPS) is 17.4. The lowest BCUT2D eigenvalue weighted by Gasteiger charge is -2.38. The highest BCUT2D eigenvalue weighted by Gasteiger charge is 2.29. The van der Waals surface area contributed by atoms with Crippen LogP contribution in [-0.4, -0.2) is 67.1 Å². The number of urea groups is 1. The Balaban J connectivity index is 1.34. The van der Waals surface area contributed by atoms with Crippen LogP contribution in [0.25, 0.3) is 0 Å². The molecular weight excluding hydrogens is 461 g/mol. The van der Waals surface area contributed by atoms with Gasteiger partial charge in [0.1, 0.15) is 11.6 Å². The van der Waals surface area contributed by atoms with Gasteiger partial charge < -0.3 is 29.3 Å². The number of likely N-dealkylation sites (tertiary alicyclic amines) is 1. The van der Waals surface area contributed by atoms with Gasteiger partial charge in [0.2, 0.25) is 0 Å². The molecular formula is C28H38FN3O4. The lowest BCUT2D eigenvalue weighted by atomic mass is 10.0. The highest BCUT2D eigenvalue weighted by molar-refractivity contribution is 5.74. The summed E-state index contributed by atoms with van der Waals surface area (Å²) >= 11 is 0. The number of piperidine rings is 1. The maximum Gasteiger partial charge on any atom is 0.318 e. The number of ether oxygens (including phenoxy) is 3. The zero-order valence-corrected chi connectivity index (χ0v) is 21.3. The Morgan fingerprint density at radius 2 is 1.69 bits per heavy atom. The topological polar surface area (TPSA) is 63.3 Å². The van der Waals surface area contributed by atoms with Gasteiger partial charge in [-0.1, -0.05) is 24.3 Å². The van der Waals surface area contributed by atoms with Crippen molar-refractivity contribution in [2.75, 3.05) is 32.8 Å². The first-order chi connectivity index (χ1) is 17.5. The highest BCUT2D eigenvalue weighted by atomic mass is 19.1. The number of nitrogens with zero attached hydrogens (tertiary/aromatic N) is 2. The van der Waals surface area contributed by atoms with Crippen molar-refractivity contribution in [3.05, 3.63) is 65.5 Å². The van der Waals surface area contributed by atoms with Crippen molar-refractivity contribution in [3.63, 3.8) is 0 Å². The number of hydrogen-bond acceptors (Lipinski definition) is 5. The third kappa shape index (κ3) is 7.91. The number of amides is 2. The number of hydrogen-bond donors (Lipinski definition) is 1. The molecule has 2 aliphatic heterocycles. The molecule has 8 heteroatoms. The SMILES string of the molecule is CC(C)Oc1ccc(CNC(=O)N(Cc2ccc(F)cc2)C2CCN(CCC3OCCO3)CC2)cc1. The van der Waals surface area contributed by atoms with Crippen LogP contribution in [-0.2, 0) is 22.6 Å². The van der Waals surface area contributed by atoms with Gasteiger partial charge in [0.25, 0.3) is 0 Å². The molecule has 2 heterocycles. The minimum atomic E-state index is -0.275. The lowest BCUT2D eigenvalue weighted by molar-refractivity contribution is -0.0529. The molecule has 0 atom stereocenters. The van der Waals surface area contributed by atoms with Gasteiger partial charge in [-0.25, -0.2) is 9.18 Å². The molecule has 36 heavy (non-hydrogen) atoms. The molecule has 0 spiro atoms. The molecule has 0 radical (unpaired) electrons. The van der Waals surface area contributed by atoms with E-state index in [-0.39, 0.29) is 30.3 Å². The molecule has 2 aromatic carbocycles. The standard InChI is InChI=1S/C28H38FN3O4/c1-21(2)36-26-9-5-22(6-10-26)19-30-28(33)32(20-23-3-7-24(29)8-4-23)25-11-14-31(15-12-25)16-13-27-34-17-18-35-27/h3-10,21,25,27H,11-20H2,1-2H3,(H,30,33). The van der Waals surface area contributed by atoms with Crippen LogP contribution >= 0.6 is 0 Å². The van der Waals surface area contributed by atoms with Gasteiger partial charge in [0, 0.05) is 45.2 Å². The third-order valence-electron chi connectivity index (χ3n) is 6.64. The number of carbonyl (C=O) groups excluding carboxylic acids is 1. The first kappa shape index (κ1) is 26.4. The van der Waals surface area contributed by atoms with Crippen LogP contribution in [0.3, 0.4) is 0 Å². The van der Waals surface area contributed by atoms with Gasteiger partial charge in [-0.2, -0.15) is 0 Å². The van der Waals surface area contributed by atoms with E-state index in [4.69, 9.17) is 14.2 Å². The monoisotopic (exact) mass is 499 g/mol. The second-order valence-corrected chi connectivity index (χ2v) is 9.76. The van der Waals surface area contributed by atoms with Crippen LogP contribution in [0, 0.1) is 5.82 Å². The fourth-order valence-corrected chi connectivity index (χ4v) is 4.71. The molecule has 0 unspecified atom stereocenters. The van der Waals surface area contributed by atoms with E-state index in [1.54, 1.807) is 12.1 Å². The van der Waals surface area contributed by atoms with E-state index in [1.165, 1.54) is 12.1 Å². The van der Waals surface area contributed by atoms with Gasteiger partial charge in [0.05, 0.1) is 19.3 Å². The summed E-state index contributed by atoms with van der Waals surface area (Å²) in [5.41, 5.74) is 1.92. The van der Waals surface area contributed by atoms with Crippen molar-refractivity contribution in [1.29, 1.82) is 0 Å². The van der Waals surface area contributed by atoms with Gasteiger partial charge in [0.15, 0.2) is 6.29 Å². The number of carbonyl (C=O) groups is 1. The summed E-state index contributed by atoms with van der Waals surface area (Å²) in [7, 11) is 0. The summed E-state index contributed by atoms with van der Waals surface area (Å²) in [4.78, 5) is 17.7. The van der Waals surface area contributed by atoms with Gasteiger partial charge >= 0.3 is 6.03 Å². The minimum Gasteiger partial charge on any atom is -0.491 e. The van der Waals surface area contributed by atoms with E-state index in [9.17, 15) is 9.18 Å². The van der Waals surface area contributed by atoms with Crippen LogP contribution in [0.15, 0.2) is 48.5 Å². The third-order valence-corrected chi connectivity index (χ3v) is 6.64. The van der Waals surface area contributed by atoms with Crippen LogP contribution in [0.4, 0.5) is 9.18 Å². The molecule has 0 saturated carbocycles. The molecule has 0 aromatic heterocycles. The predicted octanol–water partition coefficient (Wildman–Crippen LogP) is 4.55. The molecule has 7 nitrogen and oxygen atoms in total. The van der Waals surface area contributed by atoms with Crippen molar-refractivity contribution in [2.45, 2.75) is 64.6 Å². The fraction of sp³-hybridized carbons (Fsp3) is 0.536. The Morgan fingerprint density at radius 1 is 1.06 bits per heavy atom. The molecule has 0 bridgehead atoms. The van der Waals surface area contributed by atoms with Crippen LogP contribution in [0.5, 0.6) is 5.75 Å². The van der Waals surface area contributed by atoms with Crippen LogP contribution < -0.4 is 10.1 Å². The summed E-state index contributed by atoms with van der Waals surface area (Å²) in [6, 6.07) is 14.2. The molecule has 2 fully saturated rings. The number of nitrogens with one attached hydrogen (secondary N) is 1. The van der Waals surface area contributed by atoms with Crippen molar-refractivity contribution in [1.82, 2.24) is 15.1 Å². The Hall–Kier alpha value is -2.68. The largest absolute Gasteiger partial charge is 0.491 e. The van der Waals surface area contributed by atoms with Crippen molar-refractivity contribution in [3.8, 4) is 5.75 Å². The predicted molar refractivity (Wildman–Crippen MR) is 136 cm³/mol. The summed E-state index contributed by atoms with van der Waals surface area (Å²) in [5, 5.41) is 3.09. The highest BCUT2D eigenvalue weighted by Crippen LogP contribution is 2.21. The molecule has 0 aliphatic carbocycles. The maximum atomic E-state index is 13.4. The first-order valence-corrected chi connectivity index (χ1v) is 13.0. The molecule has 2 aromatic rings. The van der Waals surface area contributed by atoms with Gasteiger partial charge in [-0.05, 0) is 62.1 Å².